The summed E-state index contributed by atoms with van der Waals surface area (Å²) >= 11 is 0. The third kappa shape index (κ3) is 10.1. The minimum Gasteiger partial charge on any atom is -0.492 e. The Morgan fingerprint density at radius 3 is 1.66 bits per heavy atom. The molecule has 0 spiro atoms. The summed E-state index contributed by atoms with van der Waals surface area (Å²) in [6.45, 7) is 5.67. The van der Waals surface area contributed by atoms with Crippen LogP contribution >= 0.6 is 0 Å². The van der Waals surface area contributed by atoms with Gasteiger partial charge in [0.05, 0.1) is 4.92 Å². The van der Waals surface area contributed by atoms with Crippen molar-refractivity contribution in [3.8, 4) is 11.5 Å². The zero-order valence-corrected chi connectivity index (χ0v) is 21.1. The number of likely N-dealkylation sites (N-methyl/N-ethyl adjacent to an activating group) is 2. The van der Waals surface area contributed by atoms with Crippen molar-refractivity contribution >= 4 is 11.4 Å². The molecule has 0 amide bonds. The number of rotatable bonds is 7. The Balaban J connectivity index is 0.000000223. The summed E-state index contributed by atoms with van der Waals surface area (Å²) in [6.07, 6.45) is 4.89. The number of nitro benzene ring substituents is 1. The highest BCUT2D eigenvalue weighted by Crippen LogP contribution is 2.20. The van der Waals surface area contributed by atoms with E-state index in [1.165, 1.54) is 37.9 Å². The number of nitrogens with zero attached hydrogens (tertiary/aromatic N) is 3. The number of benzene rings is 2. The molecule has 2 atom stereocenters. The van der Waals surface area contributed by atoms with Crippen LogP contribution in [0.15, 0.2) is 48.5 Å². The lowest BCUT2D eigenvalue weighted by atomic mass is 10.2. The third-order valence-corrected chi connectivity index (χ3v) is 6.16. The number of nitrogen functional groups attached to an aromatic ring is 1. The van der Waals surface area contributed by atoms with Crippen molar-refractivity contribution in [2.75, 3.05) is 52.7 Å². The first-order chi connectivity index (χ1) is 16.8. The van der Waals surface area contributed by atoms with E-state index in [4.69, 9.17) is 20.3 Å². The highest BCUT2D eigenvalue weighted by atomic mass is 16.6. The lowest BCUT2D eigenvalue weighted by Gasteiger charge is -2.19. The molecule has 2 aromatic rings. The van der Waals surface area contributed by atoms with Crippen LogP contribution in [-0.4, -0.2) is 78.9 Å². The van der Waals surface area contributed by atoms with Crippen LogP contribution in [0.1, 0.15) is 32.6 Å². The molecule has 2 aliphatic heterocycles. The summed E-state index contributed by atoms with van der Waals surface area (Å²) in [5.74, 6) is 1.60. The number of aliphatic hydroxyl groups is 1. The Morgan fingerprint density at radius 1 is 0.914 bits per heavy atom. The molecule has 2 aliphatic rings. The molecule has 9 nitrogen and oxygen atoms in total. The second-order valence-electron chi connectivity index (χ2n) is 8.81. The molecule has 2 saturated heterocycles. The van der Waals surface area contributed by atoms with Crippen LogP contribution in [0.4, 0.5) is 11.4 Å². The van der Waals surface area contributed by atoms with Crippen molar-refractivity contribution in [2.24, 2.45) is 0 Å². The minimum absolute atomic E-state index is 0.0929. The van der Waals surface area contributed by atoms with E-state index in [-0.39, 0.29) is 12.3 Å². The van der Waals surface area contributed by atoms with E-state index >= 15 is 0 Å². The number of anilines is 1. The monoisotopic (exact) mass is 488 g/mol. The van der Waals surface area contributed by atoms with Crippen LogP contribution in [-0.2, 0) is 0 Å². The predicted octanol–water partition coefficient (Wildman–Crippen LogP) is 3.81. The molecule has 2 heterocycles. The quantitative estimate of drug-likeness (QED) is 0.344. The number of hydrogen-bond acceptors (Lipinski definition) is 8. The summed E-state index contributed by atoms with van der Waals surface area (Å²) in [6, 6.07) is 14.8. The number of hydrogen-bond donors (Lipinski definition) is 2. The van der Waals surface area contributed by atoms with Gasteiger partial charge in [0.1, 0.15) is 24.7 Å². The molecular formula is C26H40N4O5. The third-order valence-electron chi connectivity index (χ3n) is 6.16. The van der Waals surface area contributed by atoms with Crippen molar-refractivity contribution in [2.45, 2.75) is 44.7 Å². The molecule has 0 unspecified atom stereocenters. The number of ether oxygens (including phenoxy) is 2. The van der Waals surface area contributed by atoms with Crippen molar-refractivity contribution in [3.05, 3.63) is 58.6 Å². The van der Waals surface area contributed by atoms with Gasteiger partial charge in [-0.1, -0.05) is 0 Å². The van der Waals surface area contributed by atoms with Crippen molar-refractivity contribution < 1.29 is 19.5 Å². The largest absolute Gasteiger partial charge is 0.492 e. The second kappa shape index (κ2) is 15.2. The first kappa shape index (κ1) is 28.4. The standard InChI is InChI=1S/C12H16N2O3.C12H18N2O.C2H6O/c1-13-8-2-3-11(13)9-17-12-6-4-10(5-7-12)14(15)16;1-14-8-2-3-11(14)9-15-12-6-4-10(13)5-7-12;1-2-3/h4-7,11H,2-3,8-9H2,1H3;4-7,11H,2-3,8-9,13H2,1H3;3H,2H2,1H3/t2*11-;/m00./s1. The van der Waals surface area contributed by atoms with Crippen molar-refractivity contribution in [1.82, 2.24) is 9.80 Å². The summed E-state index contributed by atoms with van der Waals surface area (Å²) in [7, 11) is 4.25. The van der Waals surface area contributed by atoms with Gasteiger partial charge in [-0.3, -0.25) is 10.1 Å². The second-order valence-corrected chi connectivity index (χ2v) is 8.81. The fourth-order valence-electron chi connectivity index (χ4n) is 3.99. The molecule has 0 aliphatic carbocycles. The minimum atomic E-state index is -0.408. The van der Waals surface area contributed by atoms with Crippen LogP contribution in [0.2, 0.25) is 0 Å². The maximum Gasteiger partial charge on any atom is 0.269 e. The van der Waals surface area contributed by atoms with Gasteiger partial charge in [-0.15, -0.1) is 0 Å². The molecule has 35 heavy (non-hydrogen) atoms. The van der Waals surface area contributed by atoms with E-state index < -0.39 is 4.92 Å². The first-order valence-corrected chi connectivity index (χ1v) is 12.2. The van der Waals surface area contributed by atoms with Gasteiger partial charge in [-0.05, 0) is 96.2 Å². The van der Waals surface area contributed by atoms with Crippen LogP contribution in [0.5, 0.6) is 11.5 Å². The van der Waals surface area contributed by atoms with Gasteiger partial charge >= 0.3 is 0 Å². The average molecular weight is 489 g/mol. The Kier molecular flexibility index (Phi) is 12.3. The molecule has 4 rings (SSSR count). The fraction of sp³-hybridized carbons (Fsp3) is 0.538. The van der Waals surface area contributed by atoms with E-state index in [1.807, 2.05) is 24.3 Å². The Morgan fingerprint density at radius 2 is 1.31 bits per heavy atom. The van der Waals surface area contributed by atoms with Crippen LogP contribution in [0.25, 0.3) is 0 Å². The summed E-state index contributed by atoms with van der Waals surface area (Å²) in [5.41, 5.74) is 6.47. The van der Waals surface area contributed by atoms with Crippen molar-refractivity contribution in [1.29, 1.82) is 0 Å². The maximum absolute atomic E-state index is 10.5. The lowest BCUT2D eigenvalue weighted by Crippen LogP contribution is -2.30. The summed E-state index contributed by atoms with van der Waals surface area (Å²) < 4.78 is 11.3. The van der Waals surface area contributed by atoms with E-state index in [2.05, 4.69) is 23.9 Å². The molecule has 2 aromatic carbocycles. The molecule has 3 N–H and O–H groups in total. The maximum atomic E-state index is 10.5. The number of likely N-dealkylation sites (tertiary alicyclic amines) is 2. The van der Waals surface area contributed by atoms with Gasteiger partial charge in [-0.2, -0.15) is 0 Å². The Bertz CT molecular complexity index is 863. The molecule has 9 heteroatoms. The lowest BCUT2D eigenvalue weighted by molar-refractivity contribution is -0.384. The summed E-state index contributed by atoms with van der Waals surface area (Å²) in [4.78, 5) is 14.7. The Hall–Kier alpha value is -2.88. The van der Waals surface area contributed by atoms with Crippen LogP contribution in [0, 0.1) is 10.1 Å². The fourth-order valence-corrected chi connectivity index (χ4v) is 3.99. The first-order valence-electron chi connectivity index (χ1n) is 12.2. The van der Waals surface area contributed by atoms with E-state index in [0.29, 0.717) is 24.4 Å². The average Bonchev–Trinajstić information content (AvgIpc) is 3.46. The van der Waals surface area contributed by atoms with E-state index in [1.54, 1.807) is 19.1 Å². The highest BCUT2D eigenvalue weighted by Gasteiger charge is 2.22. The van der Waals surface area contributed by atoms with Gasteiger partial charge in [0.25, 0.3) is 5.69 Å². The molecular weight excluding hydrogens is 448 g/mol. The smallest absolute Gasteiger partial charge is 0.269 e. The summed E-state index contributed by atoms with van der Waals surface area (Å²) in [5, 5.41) is 18.0. The highest BCUT2D eigenvalue weighted by molar-refractivity contribution is 5.41. The van der Waals surface area contributed by atoms with Gasteiger partial charge in [0, 0.05) is 36.5 Å². The molecule has 0 radical (unpaired) electrons. The zero-order valence-electron chi connectivity index (χ0n) is 21.1. The van der Waals surface area contributed by atoms with Crippen molar-refractivity contribution in [3.63, 3.8) is 0 Å². The normalized spacial score (nSPS) is 19.8. The number of aliphatic hydroxyl groups excluding tert-OH is 1. The Labute approximate surface area is 208 Å². The van der Waals surface area contributed by atoms with Gasteiger partial charge in [-0.25, -0.2) is 0 Å². The van der Waals surface area contributed by atoms with Crippen LogP contribution < -0.4 is 15.2 Å². The molecule has 194 valence electrons. The number of non-ortho nitro benzene ring substituents is 1. The van der Waals surface area contributed by atoms with Crippen LogP contribution in [0.3, 0.4) is 0 Å². The molecule has 2 fully saturated rings. The molecule has 0 aromatic heterocycles. The number of nitro groups is 1. The van der Waals surface area contributed by atoms with Gasteiger partial charge in [0.15, 0.2) is 0 Å². The zero-order chi connectivity index (χ0) is 25.6. The SMILES string of the molecule is CCO.CN1CCC[C@H]1COc1ccc(N)cc1.CN1CCC[C@H]1COc1ccc([N+](=O)[O-])cc1. The van der Waals surface area contributed by atoms with E-state index in [0.717, 1.165) is 31.0 Å². The molecule has 0 bridgehead atoms. The molecule has 0 saturated carbocycles. The topological polar surface area (TPSA) is 114 Å². The predicted molar refractivity (Wildman–Crippen MR) is 139 cm³/mol. The number of nitrogens with two attached hydrogens (primary N) is 1. The van der Waals surface area contributed by atoms with E-state index in [9.17, 15) is 10.1 Å². The van der Waals surface area contributed by atoms with Gasteiger partial charge in [0.2, 0.25) is 0 Å². The van der Waals surface area contributed by atoms with Gasteiger partial charge < -0.3 is 30.1 Å².